The number of hydrogen-bond donors (Lipinski definition) is 2. The zero-order chi connectivity index (χ0) is 7.40. The van der Waals surface area contributed by atoms with E-state index in [9.17, 15) is 0 Å². The molecule has 0 aliphatic heterocycles. The molecule has 3 nitrogen and oxygen atoms in total. The summed E-state index contributed by atoms with van der Waals surface area (Å²) in [5, 5.41) is 2.99. The zero-order valence-corrected chi connectivity index (χ0v) is 6.05. The first-order valence-electron chi connectivity index (χ1n) is 3.27. The van der Waals surface area contributed by atoms with Gasteiger partial charge in [-0.05, 0) is 13.1 Å². The highest BCUT2D eigenvalue weighted by Gasteiger charge is 1.96. The molecule has 1 aromatic heterocycles. The summed E-state index contributed by atoms with van der Waals surface area (Å²) in [5.41, 5.74) is 6.43. The van der Waals surface area contributed by atoms with E-state index in [1.165, 1.54) is 0 Å². The lowest BCUT2D eigenvalue weighted by molar-refractivity contribution is 0.494. The second kappa shape index (κ2) is 3.39. The van der Waals surface area contributed by atoms with Crippen LogP contribution in [0.4, 0.5) is 0 Å². The lowest BCUT2D eigenvalue weighted by atomic mass is 10.3. The van der Waals surface area contributed by atoms with E-state index in [4.69, 9.17) is 10.2 Å². The Labute approximate surface area is 60.2 Å². The Balaban J connectivity index is 2.59. The second-order valence-electron chi connectivity index (χ2n) is 2.16. The fourth-order valence-corrected chi connectivity index (χ4v) is 0.800. The van der Waals surface area contributed by atoms with E-state index in [2.05, 4.69) is 5.32 Å². The summed E-state index contributed by atoms with van der Waals surface area (Å²) in [7, 11) is 1.88. The lowest BCUT2D eigenvalue weighted by Crippen LogP contribution is -2.03. The van der Waals surface area contributed by atoms with E-state index in [0.29, 0.717) is 6.54 Å². The molecule has 0 fully saturated rings. The van der Waals surface area contributed by atoms with Crippen molar-refractivity contribution in [2.45, 2.75) is 13.1 Å². The first-order chi connectivity index (χ1) is 4.86. The molecule has 0 unspecified atom stereocenters. The largest absolute Gasteiger partial charge is 0.468 e. The van der Waals surface area contributed by atoms with Crippen LogP contribution in [0.1, 0.15) is 11.3 Å². The van der Waals surface area contributed by atoms with Crippen molar-refractivity contribution in [1.29, 1.82) is 0 Å². The first-order valence-corrected chi connectivity index (χ1v) is 3.27. The Bertz CT molecular complexity index is 195. The summed E-state index contributed by atoms with van der Waals surface area (Å²) in [4.78, 5) is 0. The Morgan fingerprint density at radius 2 is 2.50 bits per heavy atom. The van der Waals surface area contributed by atoms with E-state index >= 15 is 0 Å². The fraction of sp³-hybridized carbons (Fsp3) is 0.429. The molecule has 0 bridgehead atoms. The normalized spacial score (nSPS) is 10.2. The van der Waals surface area contributed by atoms with Gasteiger partial charge in [0.05, 0.1) is 12.8 Å². The summed E-state index contributed by atoms with van der Waals surface area (Å²) in [6.45, 7) is 1.31. The molecule has 0 aliphatic carbocycles. The van der Waals surface area contributed by atoms with Crippen LogP contribution in [-0.2, 0) is 13.1 Å². The van der Waals surface area contributed by atoms with Gasteiger partial charge in [0.15, 0.2) is 0 Å². The minimum Gasteiger partial charge on any atom is -0.468 e. The van der Waals surface area contributed by atoms with Gasteiger partial charge in [-0.15, -0.1) is 0 Å². The summed E-state index contributed by atoms with van der Waals surface area (Å²) >= 11 is 0. The van der Waals surface area contributed by atoms with Crippen LogP contribution in [-0.4, -0.2) is 7.05 Å². The number of nitrogens with one attached hydrogen (secondary N) is 1. The van der Waals surface area contributed by atoms with E-state index in [1.807, 2.05) is 13.1 Å². The fourth-order valence-electron chi connectivity index (χ4n) is 0.800. The lowest BCUT2D eigenvalue weighted by Gasteiger charge is -1.89. The van der Waals surface area contributed by atoms with Crippen molar-refractivity contribution in [3.8, 4) is 0 Å². The molecule has 3 heteroatoms. The molecule has 3 N–H and O–H groups in total. The SMILES string of the molecule is CNCc1cc(CN)co1. The van der Waals surface area contributed by atoms with Gasteiger partial charge in [0.25, 0.3) is 0 Å². The van der Waals surface area contributed by atoms with Gasteiger partial charge < -0.3 is 15.5 Å². The van der Waals surface area contributed by atoms with Gasteiger partial charge in [0.2, 0.25) is 0 Å². The van der Waals surface area contributed by atoms with Gasteiger partial charge in [-0.1, -0.05) is 0 Å². The molecule has 56 valence electrons. The van der Waals surface area contributed by atoms with Crippen molar-refractivity contribution in [2.24, 2.45) is 5.73 Å². The highest BCUT2D eigenvalue weighted by Crippen LogP contribution is 2.05. The maximum Gasteiger partial charge on any atom is 0.117 e. The topological polar surface area (TPSA) is 51.2 Å². The number of rotatable bonds is 3. The van der Waals surface area contributed by atoms with Crippen molar-refractivity contribution < 1.29 is 4.42 Å². The molecule has 10 heavy (non-hydrogen) atoms. The van der Waals surface area contributed by atoms with Gasteiger partial charge in [0.1, 0.15) is 5.76 Å². The van der Waals surface area contributed by atoms with Gasteiger partial charge in [0, 0.05) is 12.1 Å². The quantitative estimate of drug-likeness (QED) is 0.641. The van der Waals surface area contributed by atoms with Crippen LogP contribution in [0.3, 0.4) is 0 Å². The molecule has 1 aromatic rings. The molecule has 1 heterocycles. The average Bonchev–Trinajstić information content (AvgIpc) is 2.37. The number of nitrogens with two attached hydrogens (primary N) is 1. The Hall–Kier alpha value is -0.800. The molecular weight excluding hydrogens is 128 g/mol. The van der Waals surface area contributed by atoms with Crippen LogP contribution in [0.15, 0.2) is 16.7 Å². The third-order valence-electron chi connectivity index (χ3n) is 1.29. The molecule has 0 radical (unpaired) electrons. The Morgan fingerprint density at radius 3 is 3.00 bits per heavy atom. The van der Waals surface area contributed by atoms with Crippen LogP contribution in [0.25, 0.3) is 0 Å². The van der Waals surface area contributed by atoms with Crippen molar-refractivity contribution >= 4 is 0 Å². The average molecular weight is 140 g/mol. The van der Waals surface area contributed by atoms with Gasteiger partial charge in [-0.3, -0.25) is 0 Å². The Morgan fingerprint density at radius 1 is 1.70 bits per heavy atom. The third-order valence-corrected chi connectivity index (χ3v) is 1.29. The highest BCUT2D eigenvalue weighted by atomic mass is 16.3. The predicted molar refractivity (Wildman–Crippen MR) is 39.4 cm³/mol. The number of hydrogen-bond acceptors (Lipinski definition) is 3. The first kappa shape index (κ1) is 7.31. The van der Waals surface area contributed by atoms with Gasteiger partial charge in [-0.25, -0.2) is 0 Å². The highest BCUT2D eigenvalue weighted by molar-refractivity contribution is 5.11. The summed E-state index contributed by atoms with van der Waals surface area (Å²) in [5.74, 6) is 0.933. The van der Waals surface area contributed by atoms with Crippen LogP contribution in [0.5, 0.6) is 0 Å². The molecule has 0 saturated carbocycles. The minimum atomic E-state index is 0.549. The molecule has 0 atom stereocenters. The maximum atomic E-state index is 5.38. The second-order valence-corrected chi connectivity index (χ2v) is 2.16. The zero-order valence-electron chi connectivity index (χ0n) is 6.05. The Kier molecular flexibility index (Phi) is 2.48. The van der Waals surface area contributed by atoms with Crippen LogP contribution in [0, 0.1) is 0 Å². The molecule has 0 saturated heterocycles. The van der Waals surface area contributed by atoms with Crippen molar-refractivity contribution in [1.82, 2.24) is 5.32 Å². The van der Waals surface area contributed by atoms with Crippen molar-refractivity contribution in [3.05, 3.63) is 23.7 Å². The molecule has 0 amide bonds. The van der Waals surface area contributed by atoms with Crippen molar-refractivity contribution in [2.75, 3.05) is 7.05 Å². The minimum absolute atomic E-state index is 0.549. The van der Waals surface area contributed by atoms with E-state index in [0.717, 1.165) is 17.9 Å². The van der Waals surface area contributed by atoms with Gasteiger partial charge in [-0.2, -0.15) is 0 Å². The standard InChI is InChI=1S/C7H12N2O/c1-9-4-7-2-6(3-8)5-10-7/h2,5,9H,3-4,8H2,1H3. The number of furan rings is 1. The van der Waals surface area contributed by atoms with Crippen LogP contribution in [0.2, 0.25) is 0 Å². The predicted octanol–water partition coefficient (Wildman–Crippen LogP) is 0.458. The van der Waals surface area contributed by atoms with Gasteiger partial charge >= 0.3 is 0 Å². The van der Waals surface area contributed by atoms with Crippen LogP contribution < -0.4 is 11.1 Å². The molecule has 0 spiro atoms. The molecule has 1 rings (SSSR count). The van der Waals surface area contributed by atoms with Crippen molar-refractivity contribution in [3.63, 3.8) is 0 Å². The molecular formula is C7H12N2O. The third kappa shape index (κ3) is 1.59. The van der Waals surface area contributed by atoms with E-state index < -0.39 is 0 Å². The summed E-state index contributed by atoms with van der Waals surface area (Å²) in [6.07, 6.45) is 1.69. The van der Waals surface area contributed by atoms with E-state index in [1.54, 1.807) is 6.26 Å². The summed E-state index contributed by atoms with van der Waals surface area (Å²) in [6, 6.07) is 1.95. The molecule has 0 aliphatic rings. The maximum absolute atomic E-state index is 5.38. The monoisotopic (exact) mass is 140 g/mol. The molecule has 0 aromatic carbocycles. The smallest absolute Gasteiger partial charge is 0.117 e. The summed E-state index contributed by atoms with van der Waals surface area (Å²) < 4.78 is 5.15. The van der Waals surface area contributed by atoms with Crippen LogP contribution >= 0.6 is 0 Å². The van der Waals surface area contributed by atoms with E-state index in [-0.39, 0.29) is 0 Å².